The number of carbonyl (C=O) groups excluding carboxylic acids is 2. The Morgan fingerprint density at radius 3 is 2.58 bits per heavy atom. The van der Waals surface area contributed by atoms with E-state index in [0.29, 0.717) is 48.0 Å². The van der Waals surface area contributed by atoms with Gasteiger partial charge in [-0.15, -0.1) is 11.3 Å². The third-order valence-corrected chi connectivity index (χ3v) is 7.12. The molecule has 1 atom stereocenters. The Kier molecular flexibility index (Phi) is 7.65. The van der Waals surface area contributed by atoms with E-state index in [1.807, 2.05) is 26.2 Å². The van der Waals surface area contributed by atoms with Gasteiger partial charge in [0.05, 0.1) is 17.7 Å². The van der Waals surface area contributed by atoms with E-state index in [-0.39, 0.29) is 22.6 Å². The van der Waals surface area contributed by atoms with Crippen LogP contribution in [0, 0.1) is 11.7 Å². The van der Waals surface area contributed by atoms with Crippen molar-refractivity contribution >= 4 is 40.8 Å². The minimum absolute atomic E-state index is 0.105. The van der Waals surface area contributed by atoms with Gasteiger partial charge in [-0.25, -0.2) is 19.0 Å². The van der Waals surface area contributed by atoms with Gasteiger partial charge in [0, 0.05) is 41.8 Å². The van der Waals surface area contributed by atoms with Gasteiger partial charge >= 0.3 is 12.1 Å². The number of carbonyl (C=O) groups is 2. The highest BCUT2D eigenvalue weighted by atomic mass is 35.5. The number of amidine groups is 1. The Balaban J connectivity index is 1.72. The maximum absolute atomic E-state index is 14.4. The van der Waals surface area contributed by atoms with Crippen molar-refractivity contribution in [1.29, 1.82) is 0 Å². The first-order valence-electron chi connectivity index (χ1n) is 11.6. The van der Waals surface area contributed by atoms with Crippen LogP contribution >= 0.6 is 22.9 Å². The van der Waals surface area contributed by atoms with E-state index < -0.39 is 23.4 Å². The first kappa shape index (κ1) is 26.1. The fourth-order valence-electron chi connectivity index (χ4n) is 4.30. The summed E-state index contributed by atoms with van der Waals surface area (Å²) in [7, 11) is 1.29. The van der Waals surface area contributed by atoms with Crippen molar-refractivity contribution in [3.05, 3.63) is 62.5 Å². The molecule has 0 aliphatic carbocycles. The van der Waals surface area contributed by atoms with Crippen molar-refractivity contribution in [2.75, 3.05) is 20.2 Å². The molecule has 2 aliphatic heterocycles. The molecule has 11 heteroatoms. The number of thiazole rings is 1. The minimum Gasteiger partial charge on any atom is -0.466 e. The minimum atomic E-state index is -0.889. The van der Waals surface area contributed by atoms with Crippen LogP contribution in [-0.2, 0) is 14.3 Å². The number of hydrogen-bond acceptors (Lipinski definition) is 8. The number of allylic oxidation sites excluding steroid dienone is 1. The number of nitrogens with one attached hydrogen (secondary N) is 1. The highest BCUT2D eigenvalue weighted by Gasteiger charge is 2.38. The van der Waals surface area contributed by atoms with Gasteiger partial charge < -0.3 is 19.7 Å². The first-order valence-corrected chi connectivity index (χ1v) is 12.8. The number of aromatic nitrogens is 1. The zero-order valence-corrected chi connectivity index (χ0v) is 22.1. The Morgan fingerprint density at radius 1 is 1.25 bits per heavy atom. The van der Waals surface area contributed by atoms with Crippen LogP contribution in [0.25, 0.3) is 0 Å². The summed E-state index contributed by atoms with van der Waals surface area (Å²) in [4.78, 5) is 36.4. The van der Waals surface area contributed by atoms with E-state index in [4.69, 9.17) is 26.1 Å². The van der Waals surface area contributed by atoms with E-state index in [9.17, 15) is 14.0 Å². The molecule has 1 N–H and O–H groups in total. The lowest BCUT2D eigenvalue weighted by Crippen LogP contribution is -2.44. The molecular weight excluding hydrogens is 507 g/mol. The Bertz CT molecular complexity index is 1200. The predicted molar refractivity (Wildman–Crippen MR) is 136 cm³/mol. The average molecular weight is 535 g/mol. The third-order valence-electron chi connectivity index (χ3n) is 5.95. The van der Waals surface area contributed by atoms with E-state index >= 15 is 0 Å². The molecule has 3 heterocycles. The number of halogens is 2. The highest BCUT2D eigenvalue weighted by molar-refractivity contribution is 7.11. The number of rotatable bonds is 4. The fraction of sp³-hybridized carbons (Fsp3) is 0.440. The highest BCUT2D eigenvalue weighted by Crippen LogP contribution is 2.40. The summed E-state index contributed by atoms with van der Waals surface area (Å²) in [6, 6.07) is 3.55. The lowest BCUT2D eigenvalue weighted by Gasteiger charge is -2.37. The maximum Gasteiger partial charge on any atom is 0.410 e. The van der Waals surface area contributed by atoms with Gasteiger partial charge in [0.2, 0.25) is 0 Å². The molecule has 1 saturated heterocycles. The first-order chi connectivity index (χ1) is 17.1. The standard InChI is InChI=1S/C25H28ClFN4O4S/c1-25(2,3)35-24(33)31-11-8-14(9-12-31)19-17(23(32)34-4)20(15-6-5-7-16(27)18(15)26)30-21(29-19)22-28-10-13-36-22/h5-7,10,13-14,20H,8-9,11-12H2,1-4H3,(H,29,30). The number of benzene rings is 1. The number of methoxy groups -OCH3 is 1. The molecule has 8 nitrogen and oxygen atoms in total. The Hall–Kier alpha value is -2.98. The lowest BCUT2D eigenvalue weighted by atomic mass is 9.85. The third kappa shape index (κ3) is 5.54. The SMILES string of the molecule is COC(=O)C1=C(C2CCN(C(=O)OC(C)(C)C)CC2)NC(c2nccs2)=NC1c1cccc(F)c1Cl. The van der Waals surface area contributed by atoms with E-state index in [1.54, 1.807) is 17.2 Å². The zero-order valence-electron chi connectivity index (χ0n) is 20.5. The molecule has 0 bridgehead atoms. The largest absolute Gasteiger partial charge is 0.466 e. The number of likely N-dealkylation sites (tertiary alicyclic amines) is 1. The molecule has 4 rings (SSSR count). The Labute approximate surface area is 218 Å². The van der Waals surface area contributed by atoms with E-state index in [2.05, 4.69) is 10.3 Å². The van der Waals surface area contributed by atoms with Crippen molar-refractivity contribution in [2.45, 2.75) is 45.3 Å². The summed E-state index contributed by atoms with van der Waals surface area (Å²) in [6.07, 6.45) is 2.45. The monoisotopic (exact) mass is 534 g/mol. The number of piperidine rings is 1. The van der Waals surface area contributed by atoms with Gasteiger partial charge in [0.15, 0.2) is 10.8 Å². The smallest absolute Gasteiger partial charge is 0.410 e. The molecule has 1 fully saturated rings. The van der Waals surface area contributed by atoms with Gasteiger partial charge in [-0.1, -0.05) is 23.7 Å². The predicted octanol–water partition coefficient (Wildman–Crippen LogP) is 5.10. The number of ether oxygens (including phenoxy) is 2. The summed E-state index contributed by atoms with van der Waals surface area (Å²) in [6.45, 7) is 6.39. The quantitative estimate of drug-likeness (QED) is 0.548. The van der Waals surface area contributed by atoms with Crippen LogP contribution in [-0.4, -0.2) is 53.6 Å². The summed E-state index contributed by atoms with van der Waals surface area (Å²) in [5, 5.41) is 5.65. The van der Waals surface area contributed by atoms with E-state index in [0.717, 1.165) is 0 Å². The maximum atomic E-state index is 14.4. The zero-order chi connectivity index (χ0) is 26.0. The van der Waals surface area contributed by atoms with Crippen molar-refractivity contribution in [3.63, 3.8) is 0 Å². The molecule has 192 valence electrons. The molecule has 2 aromatic rings. The van der Waals surface area contributed by atoms with E-state index in [1.165, 1.54) is 30.6 Å². The molecule has 2 aliphatic rings. The van der Waals surface area contributed by atoms with Crippen LogP contribution in [0.4, 0.5) is 9.18 Å². The number of aliphatic imine (C=N–C) groups is 1. The number of hydrogen-bond donors (Lipinski definition) is 1. The summed E-state index contributed by atoms with van der Waals surface area (Å²) < 4.78 is 25.1. The van der Waals surface area contributed by atoms with Crippen LogP contribution < -0.4 is 5.32 Å². The van der Waals surface area contributed by atoms with Crippen molar-refractivity contribution in [1.82, 2.24) is 15.2 Å². The normalized spacial score (nSPS) is 19.0. The van der Waals surface area contributed by atoms with Crippen LogP contribution in [0.5, 0.6) is 0 Å². The molecule has 1 unspecified atom stereocenters. The lowest BCUT2D eigenvalue weighted by molar-refractivity contribution is -0.136. The van der Waals surface area contributed by atoms with Crippen molar-refractivity contribution in [3.8, 4) is 0 Å². The number of amides is 1. The van der Waals surface area contributed by atoms with Gasteiger partial charge in [-0.05, 0) is 39.7 Å². The van der Waals surface area contributed by atoms with Gasteiger partial charge in [-0.2, -0.15) is 0 Å². The van der Waals surface area contributed by atoms with Crippen molar-refractivity contribution < 1.29 is 23.5 Å². The number of esters is 1. The van der Waals surface area contributed by atoms with Gasteiger partial charge in [0.1, 0.15) is 17.5 Å². The molecule has 1 aromatic heterocycles. The van der Waals surface area contributed by atoms with Gasteiger partial charge in [-0.3, -0.25) is 4.99 Å². The van der Waals surface area contributed by atoms with Crippen molar-refractivity contribution in [2.24, 2.45) is 10.9 Å². The Morgan fingerprint density at radius 2 is 1.97 bits per heavy atom. The molecule has 1 amide bonds. The molecule has 0 spiro atoms. The van der Waals surface area contributed by atoms with Gasteiger partial charge in [0.25, 0.3) is 0 Å². The molecular formula is C25H28ClFN4O4S. The summed E-state index contributed by atoms with van der Waals surface area (Å²) >= 11 is 7.73. The molecule has 0 radical (unpaired) electrons. The molecule has 36 heavy (non-hydrogen) atoms. The fourth-order valence-corrected chi connectivity index (χ4v) is 5.12. The summed E-state index contributed by atoms with van der Waals surface area (Å²) in [5.41, 5.74) is 0.657. The second-order valence-electron chi connectivity index (χ2n) is 9.55. The summed E-state index contributed by atoms with van der Waals surface area (Å²) in [5.74, 6) is -0.833. The second kappa shape index (κ2) is 10.6. The molecule has 0 saturated carbocycles. The van der Waals surface area contributed by atoms with Crippen LogP contribution in [0.15, 0.2) is 46.0 Å². The van der Waals surface area contributed by atoms with Crippen LogP contribution in [0.2, 0.25) is 5.02 Å². The molecule has 1 aromatic carbocycles. The van der Waals surface area contributed by atoms with Crippen LogP contribution in [0.3, 0.4) is 0 Å². The second-order valence-corrected chi connectivity index (χ2v) is 10.8. The average Bonchev–Trinajstić information content (AvgIpc) is 3.39. The topological polar surface area (TPSA) is 93.1 Å². The van der Waals surface area contributed by atoms with Crippen LogP contribution in [0.1, 0.15) is 50.2 Å². The number of nitrogens with zero attached hydrogens (tertiary/aromatic N) is 3.